The van der Waals surface area contributed by atoms with Crippen molar-refractivity contribution in [1.82, 2.24) is 4.72 Å². The molecule has 2 rings (SSSR count). The van der Waals surface area contributed by atoms with Gasteiger partial charge in [-0.1, -0.05) is 48.7 Å². The van der Waals surface area contributed by atoms with E-state index in [4.69, 9.17) is 0 Å². The zero-order chi connectivity index (χ0) is 8.93. The SMILES string of the molecule is c1ccc(C2CCCCNS2)cc1. The molecule has 1 fully saturated rings. The van der Waals surface area contributed by atoms with Crippen LogP contribution in [0.5, 0.6) is 0 Å². The van der Waals surface area contributed by atoms with Crippen LogP contribution in [0.25, 0.3) is 0 Å². The highest BCUT2D eigenvalue weighted by Gasteiger charge is 2.13. The second-order valence-corrected chi connectivity index (χ2v) is 4.50. The molecule has 0 amide bonds. The molecule has 1 nitrogen and oxygen atoms in total. The monoisotopic (exact) mass is 193 g/mol. The smallest absolute Gasteiger partial charge is 0.0442 e. The van der Waals surface area contributed by atoms with E-state index in [-0.39, 0.29) is 0 Å². The van der Waals surface area contributed by atoms with Crippen molar-refractivity contribution in [2.45, 2.75) is 24.5 Å². The van der Waals surface area contributed by atoms with Crippen molar-refractivity contribution in [1.29, 1.82) is 0 Å². The Kier molecular flexibility index (Phi) is 3.27. The molecule has 1 heterocycles. The minimum atomic E-state index is 0.656. The highest BCUT2D eigenvalue weighted by Crippen LogP contribution is 2.33. The molecule has 0 radical (unpaired) electrons. The third-order valence-corrected chi connectivity index (χ3v) is 3.56. The molecular formula is C11H15NS. The predicted octanol–water partition coefficient (Wildman–Crippen LogP) is 3.15. The Hall–Kier alpha value is -0.470. The summed E-state index contributed by atoms with van der Waals surface area (Å²) in [6.45, 7) is 1.16. The molecule has 1 aromatic carbocycles. The van der Waals surface area contributed by atoms with E-state index in [9.17, 15) is 0 Å². The van der Waals surface area contributed by atoms with Crippen molar-refractivity contribution in [2.75, 3.05) is 6.54 Å². The lowest BCUT2D eigenvalue weighted by Gasteiger charge is -2.12. The summed E-state index contributed by atoms with van der Waals surface area (Å²) in [6.07, 6.45) is 3.97. The number of hydrogen-bond donors (Lipinski definition) is 1. The minimum absolute atomic E-state index is 0.656. The fourth-order valence-corrected chi connectivity index (χ4v) is 2.69. The molecule has 70 valence electrons. The number of rotatable bonds is 1. The lowest BCUT2D eigenvalue weighted by atomic mass is 10.1. The number of hydrogen-bond acceptors (Lipinski definition) is 2. The summed E-state index contributed by atoms with van der Waals surface area (Å²) in [7, 11) is 0. The normalized spacial score (nSPS) is 23.8. The van der Waals surface area contributed by atoms with Crippen molar-refractivity contribution in [3.05, 3.63) is 35.9 Å². The molecule has 1 aliphatic heterocycles. The van der Waals surface area contributed by atoms with Crippen LogP contribution in [0.3, 0.4) is 0 Å². The Balaban J connectivity index is 2.06. The van der Waals surface area contributed by atoms with Crippen molar-refractivity contribution in [3.63, 3.8) is 0 Å². The quantitative estimate of drug-likeness (QED) is 0.688. The largest absolute Gasteiger partial charge is 0.264 e. The summed E-state index contributed by atoms with van der Waals surface area (Å²) in [5, 5.41) is 0.656. The first-order chi connectivity index (χ1) is 6.47. The predicted molar refractivity (Wildman–Crippen MR) is 58.6 cm³/mol. The van der Waals surface area contributed by atoms with Gasteiger partial charge in [0.2, 0.25) is 0 Å². The average Bonchev–Trinajstić information content (AvgIpc) is 2.47. The number of nitrogens with one attached hydrogen (secondary N) is 1. The van der Waals surface area contributed by atoms with Crippen LogP contribution in [-0.4, -0.2) is 6.54 Å². The van der Waals surface area contributed by atoms with Crippen LogP contribution in [0.2, 0.25) is 0 Å². The molecule has 1 N–H and O–H groups in total. The van der Waals surface area contributed by atoms with Gasteiger partial charge in [-0.2, -0.15) is 0 Å². The molecule has 1 aromatic rings. The standard InChI is InChI=1S/C11H15NS/c1-2-6-10(7-3-1)11-8-4-5-9-12-13-11/h1-3,6-7,11-12H,4-5,8-9H2. The molecule has 1 saturated heterocycles. The molecule has 0 aliphatic carbocycles. The molecule has 1 unspecified atom stereocenters. The van der Waals surface area contributed by atoms with Crippen molar-refractivity contribution < 1.29 is 0 Å². The van der Waals surface area contributed by atoms with Crippen molar-refractivity contribution >= 4 is 11.9 Å². The highest BCUT2D eigenvalue weighted by molar-refractivity contribution is 7.97. The van der Waals surface area contributed by atoms with Crippen LogP contribution in [0.15, 0.2) is 30.3 Å². The second-order valence-electron chi connectivity index (χ2n) is 3.41. The van der Waals surface area contributed by atoms with E-state index >= 15 is 0 Å². The molecule has 1 aliphatic rings. The van der Waals surface area contributed by atoms with E-state index < -0.39 is 0 Å². The fourth-order valence-electron chi connectivity index (χ4n) is 1.65. The van der Waals surface area contributed by atoms with E-state index in [1.54, 1.807) is 0 Å². The van der Waals surface area contributed by atoms with Gasteiger partial charge in [0, 0.05) is 11.8 Å². The topological polar surface area (TPSA) is 12.0 Å². The molecule has 0 saturated carbocycles. The van der Waals surface area contributed by atoms with Crippen LogP contribution in [-0.2, 0) is 0 Å². The lowest BCUT2D eigenvalue weighted by Crippen LogP contribution is -2.04. The third kappa shape index (κ3) is 2.48. The second kappa shape index (κ2) is 4.68. The molecular weight excluding hydrogens is 178 g/mol. The Morgan fingerprint density at radius 2 is 2.00 bits per heavy atom. The van der Waals surface area contributed by atoms with Gasteiger partial charge < -0.3 is 0 Å². The Morgan fingerprint density at radius 1 is 1.15 bits per heavy atom. The summed E-state index contributed by atoms with van der Waals surface area (Å²) in [6, 6.07) is 10.8. The van der Waals surface area contributed by atoms with Gasteiger partial charge in [0.25, 0.3) is 0 Å². The Bertz CT molecular complexity index is 240. The van der Waals surface area contributed by atoms with Gasteiger partial charge in [0.1, 0.15) is 0 Å². The molecule has 0 aromatic heterocycles. The van der Waals surface area contributed by atoms with Crippen molar-refractivity contribution in [3.8, 4) is 0 Å². The summed E-state index contributed by atoms with van der Waals surface area (Å²) in [5.41, 5.74) is 1.46. The first-order valence-electron chi connectivity index (χ1n) is 4.90. The Morgan fingerprint density at radius 3 is 2.85 bits per heavy atom. The van der Waals surface area contributed by atoms with Crippen molar-refractivity contribution in [2.24, 2.45) is 0 Å². The van der Waals surface area contributed by atoms with Crippen LogP contribution in [0.1, 0.15) is 30.1 Å². The van der Waals surface area contributed by atoms with Crippen LogP contribution in [0.4, 0.5) is 0 Å². The van der Waals surface area contributed by atoms with Gasteiger partial charge in [-0.15, -0.1) is 0 Å². The van der Waals surface area contributed by atoms with Crippen LogP contribution < -0.4 is 4.72 Å². The minimum Gasteiger partial charge on any atom is -0.264 e. The van der Waals surface area contributed by atoms with Crippen LogP contribution in [0, 0.1) is 0 Å². The first kappa shape index (κ1) is 9.10. The van der Waals surface area contributed by atoms with E-state index in [1.807, 2.05) is 11.9 Å². The molecule has 13 heavy (non-hydrogen) atoms. The number of benzene rings is 1. The molecule has 0 spiro atoms. The van der Waals surface area contributed by atoms with Gasteiger partial charge in [-0.25, -0.2) is 0 Å². The van der Waals surface area contributed by atoms with E-state index in [2.05, 4.69) is 35.1 Å². The molecule has 2 heteroatoms. The maximum Gasteiger partial charge on any atom is 0.0442 e. The maximum atomic E-state index is 3.41. The van der Waals surface area contributed by atoms with E-state index in [0.717, 1.165) is 6.54 Å². The summed E-state index contributed by atoms with van der Waals surface area (Å²) < 4.78 is 3.41. The first-order valence-corrected chi connectivity index (χ1v) is 5.78. The fraction of sp³-hybridized carbons (Fsp3) is 0.455. The van der Waals surface area contributed by atoms with Gasteiger partial charge in [0.15, 0.2) is 0 Å². The Labute approximate surface area is 84.1 Å². The van der Waals surface area contributed by atoms with E-state index in [1.165, 1.54) is 24.8 Å². The summed E-state index contributed by atoms with van der Waals surface area (Å²) >= 11 is 1.89. The van der Waals surface area contributed by atoms with Gasteiger partial charge in [-0.3, -0.25) is 4.72 Å². The molecule has 0 bridgehead atoms. The average molecular weight is 193 g/mol. The highest BCUT2D eigenvalue weighted by atomic mass is 32.2. The zero-order valence-electron chi connectivity index (χ0n) is 7.70. The van der Waals surface area contributed by atoms with Gasteiger partial charge in [-0.05, 0) is 18.4 Å². The third-order valence-electron chi connectivity index (χ3n) is 2.39. The lowest BCUT2D eigenvalue weighted by molar-refractivity contribution is 0.691. The van der Waals surface area contributed by atoms with E-state index in [0.29, 0.717) is 5.25 Å². The zero-order valence-corrected chi connectivity index (χ0v) is 8.52. The molecule has 1 atom stereocenters. The van der Waals surface area contributed by atoms with Crippen LogP contribution >= 0.6 is 11.9 Å². The summed E-state index contributed by atoms with van der Waals surface area (Å²) in [5.74, 6) is 0. The summed E-state index contributed by atoms with van der Waals surface area (Å²) in [4.78, 5) is 0. The maximum absolute atomic E-state index is 3.41. The van der Waals surface area contributed by atoms with Gasteiger partial charge >= 0.3 is 0 Å². The van der Waals surface area contributed by atoms with Gasteiger partial charge in [0.05, 0.1) is 0 Å².